The van der Waals surface area contributed by atoms with Crippen LogP contribution in [0.15, 0.2) is 12.3 Å². The van der Waals surface area contributed by atoms with Crippen molar-refractivity contribution in [2.75, 3.05) is 31.1 Å². The number of rotatable bonds is 4. The number of nitrogens with zero attached hydrogens (tertiary/aromatic N) is 5. The molecule has 0 N–H and O–H groups in total. The average Bonchev–Trinajstić information content (AvgIpc) is 2.90. The van der Waals surface area contributed by atoms with Crippen LogP contribution in [0.1, 0.15) is 26.0 Å². The quantitative estimate of drug-likeness (QED) is 0.799. The third-order valence-corrected chi connectivity index (χ3v) is 3.53. The molecular weight excluding hydrogens is 226 g/mol. The molecule has 18 heavy (non-hydrogen) atoms. The van der Waals surface area contributed by atoms with Gasteiger partial charge in [-0.15, -0.1) is 0 Å². The predicted octanol–water partition coefficient (Wildman–Crippen LogP) is 1.27. The lowest BCUT2D eigenvalue weighted by atomic mass is 10.2. The van der Waals surface area contributed by atoms with Crippen molar-refractivity contribution in [3.8, 4) is 6.07 Å². The Morgan fingerprint density at radius 3 is 2.94 bits per heavy atom. The van der Waals surface area contributed by atoms with Crippen LogP contribution in [-0.2, 0) is 0 Å². The summed E-state index contributed by atoms with van der Waals surface area (Å²) >= 11 is 0. The van der Waals surface area contributed by atoms with Gasteiger partial charge in [0, 0.05) is 25.3 Å². The van der Waals surface area contributed by atoms with E-state index in [2.05, 4.69) is 39.7 Å². The van der Waals surface area contributed by atoms with Gasteiger partial charge in [-0.2, -0.15) is 5.26 Å². The summed E-state index contributed by atoms with van der Waals surface area (Å²) in [4.78, 5) is 13.2. The Bertz CT molecular complexity index is 435. The first kappa shape index (κ1) is 12.8. The Morgan fingerprint density at radius 1 is 1.50 bits per heavy atom. The first-order valence-electron chi connectivity index (χ1n) is 6.50. The zero-order chi connectivity index (χ0) is 13.0. The van der Waals surface area contributed by atoms with Gasteiger partial charge in [-0.05, 0) is 25.6 Å². The van der Waals surface area contributed by atoms with Crippen molar-refractivity contribution in [1.29, 1.82) is 5.26 Å². The van der Waals surface area contributed by atoms with Gasteiger partial charge in [0.1, 0.15) is 11.8 Å². The zero-order valence-corrected chi connectivity index (χ0v) is 11.0. The molecule has 0 aromatic carbocycles. The number of hydrogen-bond acceptors (Lipinski definition) is 5. The minimum atomic E-state index is 0.436. The topological polar surface area (TPSA) is 56.0 Å². The molecule has 0 radical (unpaired) electrons. The summed E-state index contributed by atoms with van der Waals surface area (Å²) in [7, 11) is 0. The summed E-state index contributed by atoms with van der Waals surface area (Å²) in [6.07, 6.45) is 2.80. The second-order valence-electron chi connectivity index (χ2n) is 4.46. The van der Waals surface area contributed by atoms with E-state index >= 15 is 0 Å². The Kier molecular flexibility index (Phi) is 4.11. The number of likely N-dealkylation sites (N-methyl/N-ethyl adjacent to an activating group) is 1. The van der Waals surface area contributed by atoms with Crippen molar-refractivity contribution in [1.82, 2.24) is 14.9 Å². The molecule has 1 aliphatic rings. The standard InChI is InChI=1S/C13H19N5/c1-3-17(4-2)12-6-8-18(10-12)13-15-7-5-11(9-14)16-13/h5,7,12H,3-4,6,8,10H2,1-2H3. The van der Waals surface area contributed by atoms with Crippen LogP contribution in [0, 0.1) is 11.3 Å². The molecule has 0 spiro atoms. The molecule has 1 unspecified atom stereocenters. The molecule has 5 nitrogen and oxygen atoms in total. The highest BCUT2D eigenvalue weighted by Crippen LogP contribution is 2.19. The molecule has 1 aromatic heterocycles. The van der Waals surface area contributed by atoms with E-state index in [0.717, 1.165) is 32.6 Å². The zero-order valence-electron chi connectivity index (χ0n) is 11.0. The molecule has 1 aromatic rings. The van der Waals surface area contributed by atoms with Crippen LogP contribution in [-0.4, -0.2) is 47.1 Å². The van der Waals surface area contributed by atoms with Crippen LogP contribution < -0.4 is 4.90 Å². The Morgan fingerprint density at radius 2 is 2.28 bits per heavy atom. The van der Waals surface area contributed by atoms with E-state index in [1.807, 2.05) is 0 Å². The third kappa shape index (κ3) is 2.59. The summed E-state index contributed by atoms with van der Waals surface area (Å²) in [6, 6.07) is 4.28. The summed E-state index contributed by atoms with van der Waals surface area (Å²) in [5.74, 6) is 0.684. The minimum Gasteiger partial charge on any atom is -0.339 e. The molecule has 1 aliphatic heterocycles. The van der Waals surface area contributed by atoms with Crippen LogP contribution >= 0.6 is 0 Å². The summed E-state index contributed by atoms with van der Waals surface area (Å²) in [5.41, 5.74) is 0.436. The van der Waals surface area contributed by atoms with Gasteiger partial charge in [-0.25, -0.2) is 9.97 Å². The first-order chi connectivity index (χ1) is 8.78. The van der Waals surface area contributed by atoms with Crippen LogP contribution in [0.4, 0.5) is 5.95 Å². The third-order valence-electron chi connectivity index (χ3n) is 3.53. The van der Waals surface area contributed by atoms with Gasteiger partial charge in [-0.3, -0.25) is 4.90 Å². The van der Waals surface area contributed by atoms with E-state index in [4.69, 9.17) is 5.26 Å². The normalized spacial score (nSPS) is 19.2. The Hall–Kier alpha value is -1.67. The van der Waals surface area contributed by atoms with E-state index in [-0.39, 0.29) is 0 Å². The van der Waals surface area contributed by atoms with Crippen molar-refractivity contribution in [2.24, 2.45) is 0 Å². The number of aromatic nitrogens is 2. The molecule has 2 heterocycles. The highest BCUT2D eigenvalue weighted by atomic mass is 15.3. The van der Waals surface area contributed by atoms with E-state index in [1.165, 1.54) is 0 Å². The van der Waals surface area contributed by atoms with Crippen molar-refractivity contribution in [3.05, 3.63) is 18.0 Å². The maximum absolute atomic E-state index is 8.85. The molecule has 2 rings (SSSR count). The molecule has 0 amide bonds. The Balaban J connectivity index is 2.06. The Labute approximate surface area is 108 Å². The van der Waals surface area contributed by atoms with Crippen LogP contribution in [0.5, 0.6) is 0 Å². The first-order valence-corrected chi connectivity index (χ1v) is 6.50. The maximum atomic E-state index is 8.85. The van der Waals surface area contributed by atoms with E-state index in [9.17, 15) is 0 Å². The lowest BCUT2D eigenvalue weighted by Gasteiger charge is -2.26. The van der Waals surface area contributed by atoms with Crippen molar-refractivity contribution >= 4 is 5.95 Å². The van der Waals surface area contributed by atoms with Crippen LogP contribution in [0.2, 0.25) is 0 Å². The predicted molar refractivity (Wildman–Crippen MR) is 70.3 cm³/mol. The molecular formula is C13H19N5. The smallest absolute Gasteiger partial charge is 0.226 e. The highest BCUT2D eigenvalue weighted by Gasteiger charge is 2.27. The monoisotopic (exact) mass is 245 g/mol. The van der Waals surface area contributed by atoms with Crippen LogP contribution in [0.3, 0.4) is 0 Å². The molecule has 0 bridgehead atoms. The van der Waals surface area contributed by atoms with Gasteiger partial charge >= 0.3 is 0 Å². The van der Waals surface area contributed by atoms with Gasteiger partial charge < -0.3 is 4.90 Å². The lowest BCUT2D eigenvalue weighted by molar-refractivity contribution is 0.232. The van der Waals surface area contributed by atoms with E-state index in [0.29, 0.717) is 17.7 Å². The molecule has 0 aliphatic carbocycles. The maximum Gasteiger partial charge on any atom is 0.226 e. The highest BCUT2D eigenvalue weighted by molar-refractivity contribution is 5.35. The van der Waals surface area contributed by atoms with Gasteiger partial charge in [0.25, 0.3) is 0 Å². The fourth-order valence-corrected chi connectivity index (χ4v) is 2.52. The van der Waals surface area contributed by atoms with Gasteiger partial charge in [-0.1, -0.05) is 13.8 Å². The van der Waals surface area contributed by atoms with Crippen molar-refractivity contribution in [2.45, 2.75) is 26.3 Å². The summed E-state index contributed by atoms with van der Waals surface area (Å²) in [6.45, 7) is 8.47. The molecule has 0 saturated carbocycles. The average molecular weight is 245 g/mol. The van der Waals surface area contributed by atoms with Gasteiger partial charge in [0.15, 0.2) is 0 Å². The fourth-order valence-electron chi connectivity index (χ4n) is 2.52. The fraction of sp³-hybridized carbons (Fsp3) is 0.615. The molecule has 1 saturated heterocycles. The SMILES string of the molecule is CCN(CC)C1CCN(c2nccc(C#N)n2)C1. The molecule has 1 fully saturated rings. The largest absolute Gasteiger partial charge is 0.339 e. The second-order valence-corrected chi connectivity index (χ2v) is 4.46. The van der Waals surface area contributed by atoms with Gasteiger partial charge in [0.05, 0.1) is 0 Å². The molecule has 1 atom stereocenters. The van der Waals surface area contributed by atoms with Crippen molar-refractivity contribution < 1.29 is 0 Å². The van der Waals surface area contributed by atoms with Crippen molar-refractivity contribution in [3.63, 3.8) is 0 Å². The summed E-state index contributed by atoms with van der Waals surface area (Å²) < 4.78 is 0. The molecule has 96 valence electrons. The summed E-state index contributed by atoms with van der Waals surface area (Å²) in [5, 5.41) is 8.85. The molecule has 5 heteroatoms. The van der Waals surface area contributed by atoms with E-state index in [1.54, 1.807) is 12.3 Å². The van der Waals surface area contributed by atoms with Crippen LogP contribution in [0.25, 0.3) is 0 Å². The number of hydrogen-bond donors (Lipinski definition) is 0. The number of anilines is 1. The van der Waals surface area contributed by atoms with Gasteiger partial charge in [0.2, 0.25) is 5.95 Å². The second kappa shape index (κ2) is 5.78. The minimum absolute atomic E-state index is 0.436. The van der Waals surface area contributed by atoms with E-state index < -0.39 is 0 Å². The lowest BCUT2D eigenvalue weighted by Crippen LogP contribution is -2.37. The number of nitriles is 1.